The zero-order valence-corrected chi connectivity index (χ0v) is 7.81. The first kappa shape index (κ1) is 10.9. The normalized spacial score (nSPS) is 8.60. The van der Waals surface area contributed by atoms with Gasteiger partial charge in [-0.3, -0.25) is 0 Å². The summed E-state index contributed by atoms with van der Waals surface area (Å²) in [7, 11) is 0. The van der Waals surface area contributed by atoms with Gasteiger partial charge in [-0.2, -0.15) is 0 Å². The van der Waals surface area contributed by atoms with Crippen molar-refractivity contribution in [3.05, 3.63) is 40.0 Å². The molecule has 5 heteroatoms. The van der Waals surface area contributed by atoms with E-state index in [9.17, 15) is 4.39 Å². The Morgan fingerprint density at radius 1 is 1.47 bits per heavy atom. The average molecular weight is 205 g/mol. The van der Waals surface area contributed by atoms with Crippen molar-refractivity contribution in [2.75, 3.05) is 6.54 Å². The lowest BCUT2D eigenvalue weighted by Gasteiger charge is -1.93. The van der Waals surface area contributed by atoms with Crippen LogP contribution in [0.3, 0.4) is 0 Å². The van der Waals surface area contributed by atoms with Crippen LogP contribution in [0.1, 0.15) is 12.0 Å². The molecule has 0 aromatic heterocycles. The van der Waals surface area contributed by atoms with Gasteiger partial charge in [-0.1, -0.05) is 17.0 Å². The highest BCUT2D eigenvalue weighted by Gasteiger charge is 1.95. The Labute approximate surface area is 86.0 Å². The van der Waals surface area contributed by atoms with E-state index < -0.39 is 5.82 Å². The van der Waals surface area contributed by atoms with E-state index in [0.717, 1.165) is 6.07 Å². The molecule has 0 radical (unpaired) electrons. The summed E-state index contributed by atoms with van der Waals surface area (Å²) in [5.74, 6) is 4.66. The van der Waals surface area contributed by atoms with E-state index in [2.05, 4.69) is 21.9 Å². The number of rotatable bonds is 2. The topological polar surface area (TPSA) is 69.0 Å². The van der Waals surface area contributed by atoms with Crippen molar-refractivity contribution in [2.45, 2.75) is 6.42 Å². The predicted molar refractivity (Wildman–Crippen MR) is 53.6 cm³/mol. The fraction of sp³-hybridized carbons (Fsp3) is 0.200. The van der Waals surface area contributed by atoms with Crippen molar-refractivity contribution in [3.63, 3.8) is 0 Å². The third-order valence-electron chi connectivity index (χ3n) is 1.52. The summed E-state index contributed by atoms with van der Waals surface area (Å²) in [6.45, 7) is 0.283. The number of halogens is 1. The summed E-state index contributed by atoms with van der Waals surface area (Å²) in [6, 6.07) is 3.59. The van der Waals surface area contributed by atoms with Gasteiger partial charge in [0.05, 0.1) is 0 Å². The maximum Gasteiger partial charge on any atom is 0.128 e. The number of hydrogen-bond donors (Lipinski definition) is 1. The van der Waals surface area contributed by atoms with Crippen LogP contribution in [0.4, 0.5) is 4.39 Å². The fourth-order valence-electron chi connectivity index (χ4n) is 0.962. The second-order valence-electron chi connectivity index (χ2n) is 2.70. The molecule has 1 N–H and O–H groups in total. The molecule has 1 aromatic rings. The van der Waals surface area contributed by atoms with Crippen LogP contribution in [0.5, 0.6) is 5.75 Å². The molecule has 0 aliphatic heterocycles. The van der Waals surface area contributed by atoms with Crippen LogP contribution in [0.25, 0.3) is 10.4 Å². The zero-order valence-electron chi connectivity index (χ0n) is 7.81. The number of phenolic OH excluding ortho intramolecular Hbond substituents is 1. The molecular formula is C10H8FN3O. The van der Waals surface area contributed by atoms with Gasteiger partial charge in [0.15, 0.2) is 0 Å². The Bertz CT molecular complexity index is 435. The molecule has 76 valence electrons. The molecule has 0 atom stereocenters. The smallest absolute Gasteiger partial charge is 0.128 e. The first-order chi connectivity index (χ1) is 7.22. The van der Waals surface area contributed by atoms with Gasteiger partial charge in [0.25, 0.3) is 0 Å². The summed E-state index contributed by atoms with van der Waals surface area (Å²) in [4.78, 5) is 2.57. The van der Waals surface area contributed by atoms with Gasteiger partial charge in [-0.15, -0.1) is 0 Å². The lowest BCUT2D eigenvalue weighted by molar-refractivity contribution is 0.469. The first-order valence-electron chi connectivity index (χ1n) is 4.21. The SMILES string of the molecule is [N-]=[N+]=NCCC#Cc1cc(O)cc(F)c1. The quantitative estimate of drug-likeness (QED) is 0.260. The molecule has 1 aromatic carbocycles. The molecule has 0 aliphatic carbocycles. The number of benzene rings is 1. The highest BCUT2D eigenvalue weighted by atomic mass is 19.1. The van der Waals surface area contributed by atoms with Crippen LogP contribution < -0.4 is 0 Å². The molecule has 1 rings (SSSR count). The predicted octanol–water partition coefficient (Wildman–Crippen LogP) is 2.58. The number of aromatic hydroxyl groups is 1. The standard InChI is InChI=1S/C10H8FN3O/c11-9-5-8(6-10(15)7-9)3-1-2-4-13-14-12/h5-7,15H,2,4H2. The van der Waals surface area contributed by atoms with Crippen molar-refractivity contribution < 1.29 is 9.50 Å². The van der Waals surface area contributed by atoms with Crippen molar-refractivity contribution in [1.82, 2.24) is 0 Å². The summed E-state index contributed by atoms with van der Waals surface area (Å²) >= 11 is 0. The van der Waals surface area contributed by atoms with E-state index in [-0.39, 0.29) is 12.3 Å². The Hall–Kier alpha value is -2.18. The molecular weight excluding hydrogens is 197 g/mol. The van der Waals surface area contributed by atoms with Gasteiger partial charge >= 0.3 is 0 Å². The van der Waals surface area contributed by atoms with Gasteiger partial charge in [0, 0.05) is 29.5 Å². The summed E-state index contributed by atoms with van der Waals surface area (Å²) < 4.78 is 12.8. The average Bonchev–Trinajstić information content (AvgIpc) is 2.16. The third kappa shape index (κ3) is 4.03. The van der Waals surface area contributed by atoms with Crippen LogP contribution in [-0.2, 0) is 0 Å². The van der Waals surface area contributed by atoms with Crippen LogP contribution in [0, 0.1) is 17.7 Å². The molecule has 0 spiro atoms. The lowest BCUT2D eigenvalue weighted by atomic mass is 10.2. The molecule has 15 heavy (non-hydrogen) atoms. The van der Waals surface area contributed by atoms with E-state index in [1.165, 1.54) is 12.1 Å². The van der Waals surface area contributed by atoms with Crippen LogP contribution in [0.15, 0.2) is 23.3 Å². The molecule has 0 aliphatic rings. The largest absolute Gasteiger partial charge is 0.508 e. The van der Waals surface area contributed by atoms with Crippen LogP contribution in [0.2, 0.25) is 0 Å². The van der Waals surface area contributed by atoms with Gasteiger partial charge < -0.3 is 5.11 Å². The highest BCUT2D eigenvalue weighted by molar-refractivity contribution is 5.39. The van der Waals surface area contributed by atoms with Gasteiger partial charge in [-0.05, 0) is 17.7 Å². The highest BCUT2D eigenvalue weighted by Crippen LogP contribution is 2.13. The van der Waals surface area contributed by atoms with E-state index in [1.54, 1.807) is 0 Å². The minimum absolute atomic E-state index is 0.158. The third-order valence-corrected chi connectivity index (χ3v) is 1.52. The maximum atomic E-state index is 12.8. The second-order valence-corrected chi connectivity index (χ2v) is 2.70. The number of azide groups is 1. The minimum atomic E-state index is -0.533. The van der Waals surface area contributed by atoms with Gasteiger partial charge in [-0.25, -0.2) is 4.39 Å². The maximum absolute atomic E-state index is 12.8. The summed E-state index contributed by atoms with van der Waals surface area (Å²) in [6.07, 6.45) is 0.404. The van der Waals surface area contributed by atoms with Gasteiger partial charge in [0.1, 0.15) is 11.6 Å². The van der Waals surface area contributed by atoms with Crippen LogP contribution in [-0.4, -0.2) is 11.7 Å². The Morgan fingerprint density at radius 2 is 2.27 bits per heavy atom. The van der Waals surface area contributed by atoms with E-state index in [4.69, 9.17) is 10.6 Å². The van der Waals surface area contributed by atoms with Gasteiger partial charge in [0.2, 0.25) is 0 Å². The van der Waals surface area contributed by atoms with Crippen molar-refractivity contribution in [2.24, 2.45) is 5.11 Å². The molecule has 0 amide bonds. The Morgan fingerprint density at radius 3 is 2.93 bits per heavy atom. The molecule has 0 saturated carbocycles. The van der Waals surface area contributed by atoms with Crippen molar-refractivity contribution >= 4 is 0 Å². The Kier molecular flexibility index (Phi) is 4.02. The number of hydrogen-bond acceptors (Lipinski definition) is 2. The number of nitrogens with zero attached hydrogens (tertiary/aromatic N) is 3. The molecule has 0 heterocycles. The van der Waals surface area contributed by atoms with E-state index >= 15 is 0 Å². The molecule has 4 nitrogen and oxygen atoms in total. The zero-order chi connectivity index (χ0) is 11.1. The monoisotopic (exact) mass is 205 g/mol. The molecule has 0 unspecified atom stereocenters. The summed E-state index contributed by atoms with van der Waals surface area (Å²) in [5.41, 5.74) is 8.38. The summed E-state index contributed by atoms with van der Waals surface area (Å²) in [5, 5.41) is 12.4. The van der Waals surface area contributed by atoms with E-state index in [1.807, 2.05) is 0 Å². The van der Waals surface area contributed by atoms with Crippen LogP contribution >= 0.6 is 0 Å². The van der Waals surface area contributed by atoms with Crippen molar-refractivity contribution in [3.8, 4) is 17.6 Å². The lowest BCUT2D eigenvalue weighted by Crippen LogP contribution is -1.79. The fourth-order valence-corrected chi connectivity index (χ4v) is 0.962. The molecule has 0 fully saturated rings. The van der Waals surface area contributed by atoms with E-state index in [0.29, 0.717) is 12.0 Å². The number of phenols is 1. The van der Waals surface area contributed by atoms with Crippen molar-refractivity contribution in [1.29, 1.82) is 0 Å². The minimum Gasteiger partial charge on any atom is -0.508 e. The molecule has 0 saturated heterocycles. The first-order valence-corrected chi connectivity index (χ1v) is 4.21. The second kappa shape index (κ2) is 5.53. The Balaban J connectivity index is 2.67. The molecule has 0 bridgehead atoms.